The zero-order valence-corrected chi connectivity index (χ0v) is 13.4. The van der Waals surface area contributed by atoms with Gasteiger partial charge in [-0.05, 0) is 67.8 Å². The van der Waals surface area contributed by atoms with Crippen molar-refractivity contribution in [2.45, 2.75) is 44.2 Å². The fourth-order valence-corrected chi connectivity index (χ4v) is 7.70. The molecule has 2 heterocycles. The van der Waals surface area contributed by atoms with Crippen molar-refractivity contribution in [3.63, 3.8) is 0 Å². The molecule has 0 radical (unpaired) electrons. The lowest BCUT2D eigenvalue weighted by molar-refractivity contribution is -0.265. The van der Waals surface area contributed by atoms with E-state index in [2.05, 4.69) is 0 Å². The molecule has 0 aromatic heterocycles. The molecule has 4 aliphatic carbocycles. The Balaban J connectivity index is 1.57. The Bertz CT molecular complexity index is 714. The first-order valence-electron chi connectivity index (χ1n) is 9.26. The highest BCUT2D eigenvalue weighted by atomic mass is 16.3. The Labute approximate surface area is 136 Å². The van der Waals surface area contributed by atoms with Gasteiger partial charge in [-0.15, -0.1) is 0 Å². The molecule has 6 aliphatic rings. The number of amides is 1. The summed E-state index contributed by atoms with van der Waals surface area (Å²) in [5, 5.41) is 11.9. The quantitative estimate of drug-likeness (QED) is 0.800. The monoisotopic (exact) mass is 309 g/mol. The van der Waals surface area contributed by atoms with E-state index in [-0.39, 0.29) is 17.2 Å². The molecule has 3 heteroatoms. The normalized spacial score (nSPS) is 49.1. The van der Waals surface area contributed by atoms with Crippen LogP contribution >= 0.6 is 0 Å². The molecule has 5 fully saturated rings. The molecular formula is C20H23NO2. The van der Waals surface area contributed by atoms with Gasteiger partial charge in [-0.25, -0.2) is 0 Å². The number of benzene rings is 1. The van der Waals surface area contributed by atoms with Crippen LogP contribution in [0.25, 0.3) is 0 Å². The van der Waals surface area contributed by atoms with Gasteiger partial charge < -0.3 is 10.0 Å². The molecule has 4 atom stereocenters. The minimum Gasteiger partial charge on any atom is -0.366 e. The number of hydrogen-bond acceptors (Lipinski definition) is 2. The first-order valence-corrected chi connectivity index (χ1v) is 9.26. The Hall–Kier alpha value is -1.35. The second-order valence-corrected chi connectivity index (χ2v) is 8.93. The molecule has 1 spiro atoms. The number of hydrogen-bond donors (Lipinski definition) is 1. The molecule has 7 rings (SSSR count). The number of aliphatic hydroxyl groups is 1. The average Bonchev–Trinajstić information content (AvgIpc) is 2.74. The molecule has 1 aromatic carbocycles. The van der Waals surface area contributed by atoms with E-state index in [4.69, 9.17) is 0 Å². The van der Waals surface area contributed by atoms with Crippen LogP contribution in [0, 0.1) is 29.1 Å². The van der Waals surface area contributed by atoms with Crippen LogP contribution in [-0.2, 0) is 5.72 Å². The van der Waals surface area contributed by atoms with Crippen LogP contribution in [0.1, 0.15) is 54.4 Å². The highest BCUT2D eigenvalue weighted by molar-refractivity contribution is 5.99. The average molecular weight is 309 g/mol. The smallest absolute Gasteiger partial charge is 0.256 e. The van der Waals surface area contributed by atoms with E-state index in [1.165, 1.54) is 32.1 Å². The molecule has 1 N–H and O–H groups in total. The summed E-state index contributed by atoms with van der Waals surface area (Å²) in [7, 11) is 0. The van der Waals surface area contributed by atoms with Gasteiger partial charge in [0.15, 0.2) is 5.72 Å². The van der Waals surface area contributed by atoms with Crippen LogP contribution in [0.3, 0.4) is 0 Å². The summed E-state index contributed by atoms with van der Waals surface area (Å²) in [5.41, 5.74) is 0.879. The highest BCUT2D eigenvalue weighted by Crippen LogP contribution is 2.70. The summed E-state index contributed by atoms with van der Waals surface area (Å²) in [4.78, 5) is 14.7. The fraction of sp³-hybridized carbons (Fsp3) is 0.650. The van der Waals surface area contributed by atoms with Gasteiger partial charge in [0.1, 0.15) is 0 Å². The Kier molecular flexibility index (Phi) is 2.16. The lowest BCUT2D eigenvalue weighted by Gasteiger charge is -2.67. The summed E-state index contributed by atoms with van der Waals surface area (Å²) in [5.74, 6) is 2.67. The maximum absolute atomic E-state index is 12.9. The number of rotatable bonds is 0. The summed E-state index contributed by atoms with van der Waals surface area (Å²) >= 11 is 0. The van der Waals surface area contributed by atoms with E-state index in [0.29, 0.717) is 5.92 Å². The van der Waals surface area contributed by atoms with Gasteiger partial charge in [-0.3, -0.25) is 4.79 Å². The number of carbonyl (C=O) groups is 1. The van der Waals surface area contributed by atoms with Crippen molar-refractivity contribution in [2.75, 3.05) is 6.54 Å². The minimum atomic E-state index is -1.04. The molecule has 1 aromatic rings. The molecule has 23 heavy (non-hydrogen) atoms. The molecule has 4 saturated carbocycles. The van der Waals surface area contributed by atoms with E-state index in [1.54, 1.807) is 0 Å². The lowest BCUT2D eigenvalue weighted by atomic mass is 9.41. The van der Waals surface area contributed by atoms with Crippen molar-refractivity contribution in [1.82, 2.24) is 4.90 Å². The molecule has 1 saturated heterocycles. The standard InChI is InChI=1S/C20H23NO2/c22-18-15-3-1-2-4-16(15)20(23)17-14-8-12-7-13(9-14)11-19(17,10-12)5-6-21(18)20/h1-4,12-14,17,23H,5-11H2. The zero-order valence-electron chi connectivity index (χ0n) is 13.4. The maximum atomic E-state index is 12.9. The first kappa shape index (κ1) is 13.0. The van der Waals surface area contributed by atoms with Crippen molar-refractivity contribution < 1.29 is 9.90 Å². The predicted molar refractivity (Wildman–Crippen MR) is 85.5 cm³/mol. The van der Waals surface area contributed by atoms with Crippen molar-refractivity contribution >= 4 is 5.91 Å². The number of fused-ring (bicyclic) bond motifs is 3. The van der Waals surface area contributed by atoms with Gasteiger partial charge in [0.2, 0.25) is 0 Å². The number of nitrogens with zero attached hydrogens (tertiary/aromatic N) is 1. The van der Waals surface area contributed by atoms with Gasteiger partial charge in [0, 0.05) is 23.6 Å². The lowest BCUT2D eigenvalue weighted by Crippen LogP contribution is -2.67. The highest BCUT2D eigenvalue weighted by Gasteiger charge is 2.69. The van der Waals surface area contributed by atoms with E-state index >= 15 is 0 Å². The van der Waals surface area contributed by atoms with Crippen LogP contribution in [0.4, 0.5) is 0 Å². The van der Waals surface area contributed by atoms with Crippen molar-refractivity contribution in [3.8, 4) is 0 Å². The molecule has 120 valence electrons. The van der Waals surface area contributed by atoms with Crippen LogP contribution in [-0.4, -0.2) is 22.5 Å². The first-order chi connectivity index (χ1) is 11.1. The van der Waals surface area contributed by atoms with E-state index < -0.39 is 5.72 Å². The van der Waals surface area contributed by atoms with Gasteiger partial charge in [-0.1, -0.05) is 18.2 Å². The van der Waals surface area contributed by atoms with E-state index in [9.17, 15) is 9.90 Å². The SMILES string of the molecule is O=C1c2ccccc2C2(O)C3C4CC5CC(C4)CC3(CCN12)C5. The van der Waals surface area contributed by atoms with Gasteiger partial charge in [-0.2, -0.15) is 0 Å². The second kappa shape index (κ2) is 3.83. The van der Waals surface area contributed by atoms with E-state index in [1.807, 2.05) is 29.2 Å². The van der Waals surface area contributed by atoms with Crippen LogP contribution in [0.2, 0.25) is 0 Å². The Morgan fingerprint density at radius 2 is 1.83 bits per heavy atom. The fourth-order valence-electron chi connectivity index (χ4n) is 7.70. The molecular weight excluding hydrogens is 286 g/mol. The van der Waals surface area contributed by atoms with Gasteiger partial charge >= 0.3 is 0 Å². The van der Waals surface area contributed by atoms with Gasteiger partial charge in [0.25, 0.3) is 5.91 Å². The summed E-state index contributed by atoms with van der Waals surface area (Å²) in [6.45, 7) is 0.729. The second-order valence-electron chi connectivity index (χ2n) is 8.93. The zero-order chi connectivity index (χ0) is 15.4. The number of piperidine rings is 1. The third kappa shape index (κ3) is 1.32. The van der Waals surface area contributed by atoms with E-state index in [0.717, 1.165) is 35.9 Å². The third-order valence-electron chi connectivity index (χ3n) is 7.94. The molecule has 2 aliphatic heterocycles. The van der Waals surface area contributed by atoms with Crippen molar-refractivity contribution in [1.29, 1.82) is 0 Å². The van der Waals surface area contributed by atoms with Gasteiger partial charge in [0.05, 0.1) is 0 Å². The molecule has 4 bridgehead atoms. The summed E-state index contributed by atoms with van der Waals surface area (Å²) in [6.07, 6.45) is 7.64. The van der Waals surface area contributed by atoms with Crippen LogP contribution in [0.15, 0.2) is 24.3 Å². The molecule has 3 nitrogen and oxygen atoms in total. The predicted octanol–water partition coefficient (Wildman–Crippen LogP) is 3.13. The third-order valence-corrected chi connectivity index (χ3v) is 7.94. The largest absolute Gasteiger partial charge is 0.366 e. The Morgan fingerprint density at radius 3 is 2.61 bits per heavy atom. The maximum Gasteiger partial charge on any atom is 0.256 e. The summed E-state index contributed by atoms with van der Waals surface area (Å²) < 4.78 is 0. The Morgan fingerprint density at radius 1 is 1.09 bits per heavy atom. The van der Waals surface area contributed by atoms with Crippen LogP contribution in [0.5, 0.6) is 0 Å². The van der Waals surface area contributed by atoms with Crippen molar-refractivity contribution in [2.24, 2.45) is 29.1 Å². The van der Waals surface area contributed by atoms with Crippen LogP contribution < -0.4 is 0 Å². The minimum absolute atomic E-state index is 0.0479. The summed E-state index contributed by atoms with van der Waals surface area (Å²) in [6, 6.07) is 7.80. The molecule has 1 amide bonds. The topological polar surface area (TPSA) is 40.5 Å². The number of carbonyl (C=O) groups excluding carboxylic acids is 1. The molecule has 4 unspecified atom stereocenters. The van der Waals surface area contributed by atoms with Crippen molar-refractivity contribution in [3.05, 3.63) is 35.4 Å².